The molecule has 1 saturated heterocycles. The van der Waals surface area contributed by atoms with E-state index < -0.39 is 11.9 Å². The number of benzene rings is 1. The molecule has 1 aliphatic rings. The lowest BCUT2D eigenvalue weighted by Crippen LogP contribution is -2.37. The molecule has 1 aliphatic heterocycles. The monoisotopic (exact) mass is 271 g/mol. The fourth-order valence-electron chi connectivity index (χ4n) is 2.30. The Morgan fingerprint density at radius 1 is 1.44 bits per heavy atom. The molecule has 1 heterocycles. The van der Waals surface area contributed by atoms with E-state index in [0.29, 0.717) is 5.56 Å². The molecule has 0 aliphatic carbocycles. The quantitative estimate of drug-likeness (QED) is 0.819. The molecule has 5 heteroatoms. The Morgan fingerprint density at radius 2 is 2.11 bits per heavy atom. The van der Waals surface area contributed by atoms with Gasteiger partial charge in [0.2, 0.25) is 0 Å². The first-order valence-corrected chi connectivity index (χ1v) is 6.23. The van der Waals surface area contributed by atoms with E-state index in [1.165, 1.54) is 12.1 Å². The van der Waals surface area contributed by atoms with Crippen LogP contribution in [-0.2, 0) is 4.74 Å². The smallest absolute Gasteiger partial charge is 0.411 e. The summed E-state index contributed by atoms with van der Waals surface area (Å²) in [6.45, 7) is 5.77. The fourth-order valence-corrected chi connectivity index (χ4v) is 2.49. The third-order valence-electron chi connectivity index (χ3n) is 3.14. The van der Waals surface area contributed by atoms with Crippen molar-refractivity contribution in [2.75, 3.05) is 0 Å². The summed E-state index contributed by atoms with van der Waals surface area (Å²) in [5.74, 6) is -0.474. The number of hydrogen-bond acceptors (Lipinski definition) is 2. The summed E-state index contributed by atoms with van der Waals surface area (Å²) in [6, 6.07) is 4.36. The maximum Gasteiger partial charge on any atom is 0.411 e. The third-order valence-corrected chi connectivity index (χ3v) is 3.43. The van der Waals surface area contributed by atoms with Crippen LogP contribution in [0.2, 0.25) is 5.02 Å². The van der Waals surface area contributed by atoms with Crippen LogP contribution in [0.15, 0.2) is 18.2 Å². The predicted octanol–water partition coefficient (Wildman–Crippen LogP) is 3.77. The summed E-state index contributed by atoms with van der Waals surface area (Å²) in [6.07, 6.45) is -0.749. The van der Waals surface area contributed by atoms with Crippen molar-refractivity contribution in [1.29, 1.82) is 0 Å². The van der Waals surface area contributed by atoms with Crippen LogP contribution in [0.5, 0.6) is 0 Å². The van der Waals surface area contributed by atoms with Crippen LogP contribution < -0.4 is 0 Å². The molecule has 0 N–H and O–H groups in total. The molecule has 0 bridgehead atoms. The van der Waals surface area contributed by atoms with E-state index in [1.807, 2.05) is 20.8 Å². The normalized spacial score (nSPS) is 23.7. The molecule has 1 amide bonds. The second-order valence-corrected chi connectivity index (χ2v) is 5.13. The number of rotatable bonds is 2. The van der Waals surface area contributed by atoms with Crippen LogP contribution >= 0.6 is 11.6 Å². The van der Waals surface area contributed by atoms with Gasteiger partial charge in [-0.15, -0.1) is 0 Å². The zero-order valence-corrected chi connectivity index (χ0v) is 11.2. The maximum atomic E-state index is 13.1. The molecule has 1 aromatic rings. The minimum Gasteiger partial charge on any atom is -0.439 e. The summed E-state index contributed by atoms with van der Waals surface area (Å²) >= 11 is 5.75. The van der Waals surface area contributed by atoms with Gasteiger partial charge in [0.15, 0.2) is 0 Å². The largest absolute Gasteiger partial charge is 0.439 e. The Bertz CT molecular complexity index is 478. The van der Waals surface area contributed by atoms with Crippen molar-refractivity contribution < 1.29 is 13.9 Å². The van der Waals surface area contributed by atoms with E-state index >= 15 is 0 Å². The van der Waals surface area contributed by atoms with Crippen LogP contribution in [0.3, 0.4) is 0 Å². The number of nitrogens with zero attached hydrogens (tertiary/aromatic N) is 1. The average Bonchev–Trinajstić information content (AvgIpc) is 2.58. The van der Waals surface area contributed by atoms with E-state index in [4.69, 9.17) is 16.3 Å². The molecule has 2 rings (SSSR count). The van der Waals surface area contributed by atoms with Crippen LogP contribution in [0.4, 0.5) is 9.18 Å². The van der Waals surface area contributed by atoms with Crippen molar-refractivity contribution in [2.45, 2.75) is 39.0 Å². The minimum absolute atomic E-state index is 0.0405. The lowest BCUT2D eigenvalue weighted by Gasteiger charge is -2.24. The first-order chi connectivity index (χ1) is 8.41. The molecule has 98 valence electrons. The molecular formula is C13H15ClFNO2. The summed E-state index contributed by atoms with van der Waals surface area (Å²) in [5, 5.41) is 0.0405. The Balaban J connectivity index is 2.30. The maximum absolute atomic E-state index is 13.1. The Kier molecular flexibility index (Phi) is 3.48. The van der Waals surface area contributed by atoms with Crippen molar-refractivity contribution in [2.24, 2.45) is 0 Å². The first kappa shape index (κ1) is 13.1. The topological polar surface area (TPSA) is 29.5 Å². The second kappa shape index (κ2) is 4.76. The highest BCUT2D eigenvalue weighted by Crippen LogP contribution is 2.34. The SMILES string of the molecule is CC(C)N1C(=O)O[C@H](c2ccc(F)c(Cl)c2)[C@@H]1C. The van der Waals surface area contributed by atoms with Gasteiger partial charge in [-0.1, -0.05) is 17.7 Å². The van der Waals surface area contributed by atoms with Gasteiger partial charge >= 0.3 is 6.09 Å². The number of hydrogen-bond donors (Lipinski definition) is 0. The standard InChI is InChI=1S/C13H15ClFNO2/c1-7(2)16-8(3)12(18-13(16)17)9-4-5-11(15)10(14)6-9/h4-8,12H,1-3H3/t8-,12-/m0/s1. The van der Waals surface area contributed by atoms with E-state index in [1.54, 1.807) is 11.0 Å². The Labute approximate surface area is 110 Å². The van der Waals surface area contributed by atoms with Crippen LogP contribution in [0, 0.1) is 5.82 Å². The molecule has 0 unspecified atom stereocenters. The predicted molar refractivity (Wildman–Crippen MR) is 67.1 cm³/mol. The van der Waals surface area contributed by atoms with Crippen molar-refractivity contribution >= 4 is 17.7 Å². The lowest BCUT2D eigenvalue weighted by molar-refractivity contribution is 0.129. The van der Waals surface area contributed by atoms with Gasteiger partial charge in [-0.25, -0.2) is 9.18 Å². The number of amides is 1. The van der Waals surface area contributed by atoms with E-state index in [-0.39, 0.29) is 23.2 Å². The number of ether oxygens (including phenoxy) is 1. The van der Waals surface area contributed by atoms with Crippen molar-refractivity contribution in [3.63, 3.8) is 0 Å². The van der Waals surface area contributed by atoms with Gasteiger partial charge in [-0.05, 0) is 38.5 Å². The summed E-state index contributed by atoms with van der Waals surface area (Å²) in [5.41, 5.74) is 0.713. The van der Waals surface area contributed by atoms with Gasteiger partial charge in [0.1, 0.15) is 11.9 Å². The minimum atomic E-state index is -0.474. The molecular weight excluding hydrogens is 257 g/mol. The molecule has 0 aromatic heterocycles. The van der Waals surface area contributed by atoms with Gasteiger partial charge in [0, 0.05) is 6.04 Å². The second-order valence-electron chi connectivity index (χ2n) is 4.72. The summed E-state index contributed by atoms with van der Waals surface area (Å²) < 4.78 is 18.4. The van der Waals surface area contributed by atoms with Crippen molar-refractivity contribution in [3.05, 3.63) is 34.6 Å². The molecule has 1 fully saturated rings. The van der Waals surface area contributed by atoms with Crippen molar-refractivity contribution in [1.82, 2.24) is 4.90 Å². The zero-order chi connectivity index (χ0) is 13.4. The number of cyclic esters (lactones) is 1. The molecule has 0 radical (unpaired) electrons. The fraction of sp³-hybridized carbons (Fsp3) is 0.462. The molecule has 18 heavy (non-hydrogen) atoms. The van der Waals surface area contributed by atoms with E-state index in [2.05, 4.69) is 0 Å². The molecule has 2 atom stereocenters. The highest BCUT2D eigenvalue weighted by atomic mass is 35.5. The van der Waals surface area contributed by atoms with Gasteiger partial charge < -0.3 is 4.74 Å². The van der Waals surface area contributed by atoms with Crippen LogP contribution in [0.1, 0.15) is 32.4 Å². The third kappa shape index (κ3) is 2.17. The van der Waals surface area contributed by atoms with Crippen molar-refractivity contribution in [3.8, 4) is 0 Å². The van der Waals surface area contributed by atoms with Crippen LogP contribution in [-0.4, -0.2) is 23.1 Å². The highest BCUT2D eigenvalue weighted by Gasteiger charge is 2.40. The van der Waals surface area contributed by atoms with Gasteiger partial charge in [0.25, 0.3) is 0 Å². The molecule has 3 nitrogen and oxygen atoms in total. The van der Waals surface area contributed by atoms with Crippen LogP contribution in [0.25, 0.3) is 0 Å². The number of carbonyl (C=O) groups excluding carboxylic acids is 1. The summed E-state index contributed by atoms with van der Waals surface area (Å²) in [7, 11) is 0. The molecule has 1 aromatic carbocycles. The first-order valence-electron chi connectivity index (χ1n) is 5.85. The van der Waals surface area contributed by atoms with Gasteiger partial charge in [-0.3, -0.25) is 4.90 Å². The van der Waals surface area contributed by atoms with Gasteiger partial charge in [0.05, 0.1) is 11.1 Å². The van der Waals surface area contributed by atoms with Gasteiger partial charge in [-0.2, -0.15) is 0 Å². The number of halogens is 2. The Hall–Kier alpha value is -1.29. The zero-order valence-electron chi connectivity index (χ0n) is 10.5. The Morgan fingerprint density at radius 3 is 2.61 bits per heavy atom. The molecule has 0 spiro atoms. The summed E-state index contributed by atoms with van der Waals surface area (Å²) in [4.78, 5) is 13.4. The number of carbonyl (C=O) groups is 1. The highest BCUT2D eigenvalue weighted by molar-refractivity contribution is 6.30. The lowest BCUT2D eigenvalue weighted by atomic mass is 10.0. The van der Waals surface area contributed by atoms with E-state index in [0.717, 1.165) is 0 Å². The van der Waals surface area contributed by atoms with E-state index in [9.17, 15) is 9.18 Å². The molecule has 0 saturated carbocycles. The average molecular weight is 272 g/mol.